The van der Waals surface area contributed by atoms with Crippen LogP contribution in [-0.4, -0.2) is 30.1 Å². The van der Waals surface area contributed by atoms with Crippen LogP contribution in [-0.2, 0) is 0 Å². The van der Waals surface area contributed by atoms with E-state index >= 15 is 0 Å². The number of nitrogens with two attached hydrogens (primary N) is 1. The Bertz CT molecular complexity index is 1590. The number of imidazole rings is 1. The normalized spacial score (nSPS) is 11.4. The van der Waals surface area contributed by atoms with Crippen LogP contribution >= 0.6 is 11.3 Å². The molecule has 5 N–H and O–H groups in total. The molecule has 6 aromatic rings. The number of nitrogens with zero attached hydrogens (tertiary/aromatic N) is 4. The molecule has 1 aromatic carbocycles. The summed E-state index contributed by atoms with van der Waals surface area (Å²) in [6, 6.07) is 12.3. The van der Waals surface area contributed by atoms with Gasteiger partial charge in [-0.15, -0.1) is 11.3 Å². The Labute approximate surface area is 186 Å². The Morgan fingerprint density at radius 2 is 1.84 bits per heavy atom. The SMILES string of the molecule is Cc1ccc(-c2cncc3[nH]c(-c4n[nH]c5ccc(-c6cncc(NN)c6)cc45)nc23)s1. The van der Waals surface area contributed by atoms with Crippen LogP contribution < -0.4 is 11.3 Å². The lowest BCUT2D eigenvalue weighted by Crippen LogP contribution is -2.06. The number of anilines is 1. The number of aryl methyl sites for hydroxylation is 1. The van der Waals surface area contributed by atoms with Gasteiger partial charge in [-0.05, 0) is 42.8 Å². The second-order valence-electron chi connectivity index (χ2n) is 7.52. The van der Waals surface area contributed by atoms with E-state index in [9.17, 15) is 0 Å². The van der Waals surface area contributed by atoms with Gasteiger partial charge in [0.25, 0.3) is 0 Å². The van der Waals surface area contributed by atoms with E-state index in [2.05, 4.69) is 55.7 Å². The maximum Gasteiger partial charge on any atom is 0.159 e. The molecule has 0 saturated carbocycles. The third kappa shape index (κ3) is 3.03. The zero-order valence-electron chi connectivity index (χ0n) is 17.0. The van der Waals surface area contributed by atoms with E-state index in [0.717, 1.165) is 54.9 Å². The van der Waals surface area contributed by atoms with E-state index < -0.39 is 0 Å². The summed E-state index contributed by atoms with van der Waals surface area (Å²) in [6.07, 6.45) is 7.15. The molecule has 0 radical (unpaired) electrons. The lowest BCUT2D eigenvalue weighted by molar-refractivity contribution is 1.11. The fourth-order valence-corrected chi connectivity index (χ4v) is 4.73. The first-order chi connectivity index (χ1) is 15.7. The molecule has 9 heteroatoms. The Morgan fingerprint density at radius 3 is 2.69 bits per heavy atom. The highest BCUT2D eigenvalue weighted by molar-refractivity contribution is 7.15. The van der Waals surface area contributed by atoms with Crippen molar-refractivity contribution in [2.75, 3.05) is 5.43 Å². The van der Waals surface area contributed by atoms with Crippen molar-refractivity contribution in [3.05, 3.63) is 66.1 Å². The van der Waals surface area contributed by atoms with Crippen LogP contribution in [0.3, 0.4) is 0 Å². The number of thiophene rings is 1. The van der Waals surface area contributed by atoms with Gasteiger partial charge in [0.1, 0.15) is 11.2 Å². The summed E-state index contributed by atoms with van der Waals surface area (Å²) in [7, 11) is 0. The zero-order chi connectivity index (χ0) is 21.7. The van der Waals surface area contributed by atoms with Crippen LogP contribution in [0.25, 0.3) is 55.0 Å². The summed E-state index contributed by atoms with van der Waals surface area (Å²) in [4.78, 5) is 19.4. The van der Waals surface area contributed by atoms with Gasteiger partial charge in [-0.1, -0.05) is 6.07 Å². The average Bonchev–Trinajstić information content (AvgIpc) is 3.55. The minimum Gasteiger partial charge on any atom is -0.335 e. The van der Waals surface area contributed by atoms with Gasteiger partial charge in [0.2, 0.25) is 0 Å². The summed E-state index contributed by atoms with van der Waals surface area (Å²) in [5.41, 5.74) is 9.82. The zero-order valence-corrected chi connectivity index (χ0v) is 17.9. The van der Waals surface area contributed by atoms with E-state index in [0.29, 0.717) is 5.82 Å². The van der Waals surface area contributed by atoms with E-state index in [1.807, 2.05) is 30.6 Å². The van der Waals surface area contributed by atoms with E-state index in [-0.39, 0.29) is 0 Å². The largest absolute Gasteiger partial charge is 0.335 e. The Hall–Kier alpha value is -4.08. The van der Waals surface area contributed by atoms with Crippen molar-refractivity contribution in [1.29, 1.82) is 0 Å². The predicted octanol–water partition coefficient (Wildman–Crippen LogP) is 4.89. The summed E-state index contributed by atoms with van der Waals surface area (Å²) in [5, 5.41) is 8.63. The quantitative estimate of drug-likeness (QED) is 0.230. The summed E-state index contributed by atoms with van der Waals surface area (Å²) in [5.74, 6) is 6.24. The molecule has 0 amide bonds. The van der Waals surface area contributed by atoms with Crippen LogP contribution in [0.5, 0.6) is 0 Å². The fourth-order valence-electron chi connectivity index (χ4n) is 3.86. The molecule has 0 aliphatic rings. The number of hydrazine groups is 1. The van der Waals surface area contributed by atoms with Crippen molar-refractivity contribution < 1.29 is 0 Å². The highest BCUT2D eigenvalue weighted by Gasteiger charge is 2.16. The van der Waals surface area contributed by atoms with Crippen LogP contribution in [0.1, 0.15) is 4.88 Å². The maximum atomic E-state index is 5.54. The van der Waals surface area contributed by atoms with Crippen LogP contribution in [0.2, 0.25) is 0 Å². The van der Waals surface area contributed by atoms with Crippen LogP contribution in [0, 0.1) is 6.92 Å². The average molecular weight is 439 g/mol. The standard InChI is InChI=1S/C23H18N8S/c1-12-2-5-20(32-12)17-10-26-11-19-21(17)28-23(27-19)22-16-7-13(3-4-18(16)30-31-22)14-6-15(29-24)9-25-8-14/h2-11,29H,24H2,1H3,(H,27,28)(H,30,31). The lowest BCUT2D eigenvalue weighted by Gasteiger charge is -2.05. The van der Waals surface area contributed by atoms with Crippen molar-refractivity contribution in [2.24, 2.45) is 5.84 Å². The molecular weight excluding hydrogens is 420 g/mol. The van der Waals surface area contributed by atoms with Gasteiger partial charge in [0.15, 0.2) is 5.82 Å². The van der Waals surface area contributed by atoms with Crippen LogP contribution in [0.4, 0.5) is 5.69 Å². The number of aromatic amines is 2. The molecule has 6 rings (SSSR count). The van der Waals surface area contributed by atoms with E-state index in [1.54, 1.807) is 23.7 Å². The third-order valence-corrected chi connectivity index (χ3v) is 6.46. The number of hydrogen-bond donors (Lipinski definition) is 4. The second-order valence-corrected chi connectivity index (χ2v) is 8.81. The molecule has 0 spiro atoms. The highest BCUT2D eigenvalue weighted by atomic mass is 32.1. The lowest BCUT2D eigenvalue weighted by atomic mass is 10.0. The molecule has 0 bridgehead atoms. The molecule has 8 nitrogen and oxygen atoms in total. The molecule has 5 aromatic heterocycles. The van der Waals surface area contributed by atoms with Crippen molar-refractivity contribution in [1.82, 2.24) is 30.1 Å². The third-order valence-electron chi connectivity index (χ3n) is 5.43. The number of hydrogen-bond acceptors (Lipinski definition) is 7. The molecule has 0 aliphatic heterocycles. The molecule has 156 valence electrons. The first-order valence-electron chi connectivity index (χ1n) is 10.0. The second kappa shape index (κ2) is 7.26. The van der Waals surface area contributed by atoms with Crippen molar-refractivity contribution >= 4 is 39.0 Å². The minimum absolute atomic E-state index is 0.696. The van der Waals surface area contributed by atoms with Crippen LogP contribution in [0.15, 0.2) is 61.2 Å². The number of nitrogen functional groups attached to an aromatic ring is 1. The number of rotatable bonds is 4. The topological polar surface area (TPSA) is 121 Å². The molecule has 32 heavy (non-hydrogen) atoms. The first kappa shape index (κ1) is 18.7. The van der Waals surface area contributed by atoms with E-state index in [4.69, 9.17) is 10.8 Å². The van der Waals surface area contributed by atoms with E-state index in [1.165, 1.54) is 4.88 Å². The monoisotopic (exact) mass is 438 g/mol. The first-order valence-corrected chi connectivity index (χ1v) is 10.8. The van der Waals surface area contributed by atoms with Gasteiger partial charge < -0.3 is 10.4 Å². The molecule has 0 atom stereocenters. The molecule has 0 aliphatic carbocycles. The van der Waals surface area contributed by atoms with Gasteiger partial charge in [0, 0.05) is 38.7 Å². The van der Waals surface area contributed by atoms with Crippen molar-refractivity contribution in [2.45, 2.75) is 6.92 Å². The Kier molecular flexibility index (Phi) is 4.23. The predicted molar refractivity (Wildman–Crippen MR) is 128 cm³/mol. The summed E-state index contributed by atoms with van der Waals surface area (Å²) in [6.45, 7) is 2.10. The number of aromatic nitrogens is 6. The van der Waals surface area contributed by atoms with Gasteiger partial charge in [-0.3, -0.25) is 20.9 Å². The van der Waals surface area contributed by atoms with Gasteiger partial charge >= 0.3 is 0 Å². The number of H-pyrrole nitrogens is 2. The summed E-state index contributed by atoms with van der Waals surface area (Å²) >= 11 is 1.73. The smallest absolute Gasteiger partial charge is 0.159 e. The molecule has 0 fully saturated rings. The minimum atomic E-state index is 0.696. The number of fused-ring (bicyclic) bond motifs is 2. The van der Waals surface area contributed by atoms with Crippen molar-refractivity contribution in [3.8, 4) is 33.1 Å². The summed E-state index contributed by atoms with van der Waals surface area (Å²) < 4.78 is 0. The molecule has 0 unspecified atom stereocenters. The molecular formula is C23H18N8S. The number of benzene rings is 1. The number of pyridine rings is 2. The maximum absolute atomic E-state index is 5.54. The Balaban J connectivity index is 1.49. The molecule has 0 saturated heterocycles. The van der Waals surface area contributed by atoms with Gasteiger partial charge in [-0.2, -0.15) is 5.10 Å². The number of nitrogens with one attached hydrogen (secondary N) is 3. The van der Waals surface area contributed by atoms with Gasteiger partial charge in [0.05, 0.1) is 29.1 Å². The fraction of sp³-hybridized carbons (Fsp3) is 0.0435. The molecule has 5 heterocycles. The van der Waals surface area contributed by atoms with Crippen molar-refractivity contribution in [3.63, 3.8) is 0 Å². The highest BCUT2D eigenvalue weighted by Crippen LogP contribution is 2.35. The Morgan fingerprint density at radius 1 is 0.938 bits per heavy atom. The van der Waals surface area contributed by atoms with Gasteiger partial charge in [-0.25, -0.2) is 4.98 Å².